The number of para-hydroxylation sites is 1. The minimum atomic E-state index is -0.775. The fraction of sp³-hybridized carbons (Fsp3) is 0.188. The largest absolute Gasteiger partial charge is 0.461 e. The molecule has 0 bridgehead atoms. The second-order valence-corrected chi connectivity index (χ2v) is 4.95. The van der Waals surface area contributed by atoms with Gasteiger partial charge in [0, 0.05) is 24.4 Å². The van der Waals surface area contributed by atoms with Crippen LogP contribution in [0, 0.1) is 0 Å². The third-order valence-corrected chi connectivity index (χ3v) is 3.25. The van der Waals surface area contributed by atoms with E-state index in [0.29, 0.717) is 19.4 Å². The van der Waals surface area contributed by atoms with Crippen LogP contribution in [-0.4, -0.2) is 23.5 Å². The quantitative estimate of drug-likeness (QED) is 0.555. The standard InChI is InChI=1S/C16H15N3O4/c20-15(16(21)18-14-7-9-22-19-14)17-8-3-5-12-10-11-4-1-2-6-13(11)23-12/h1-2,4,6-7,9-10H,3,5,8H2,(H,17,20)(H,18,19,21). The van der Waals surface area contributed by atoms with Gasteiger partial charge in [-0.25, -0.2) is 0 Å². The Balaban J connectivity index is 1.42. The molecule has 7 heteroatoms. The van der Waals surface area contributed by atoms with Crippen molar-refractivity contribution in [2.24, 2.45) is 0 Å². The molecule has 0 unspecified atom stereocenters. The second kappa shape index (κ2) is 6.78. The summed E-state index contributed by atoms with van der Waals surface area (Å²) in [5.41, 5.74) is 0.846. The molecule has 2 heterocycles. The van der Waals surface area contributed by atoms with Gasteiger partial charge in [0.25, 0.3) is 0 Å². The van der Waals surface area contributed by atoms with Crippen molar-refractivity contribution in [3.63, 3.8) is 0 Å². The second-order valence-electron chi connectivity index (χ2n) is 4.95. The van der Waals surface area contributed by atoms with E-state index in [-0.39, 0.29) is 5.82 Å². The maximum absolute atomic E-state index is 11.6. The minimum absolute atomic E-state index is 0.201. The van der Waals surface area contributed by atoms with Crippen molar-refractivity contribution in [1.29, 1.82) is 0 Å². The number of carbonyl (C=O) groups excluding carboxylic acids is 2. The molecular formula is C16H15N3O4. The molecule has 3 aromatic rings. The summed E-state index contributed by atoms with van der Waals surface area (Å²) in [5, 5.41) is 9.42. The van der Waals surface area contributed by atoms with Crippen molar-refractivity contribution in [3.05, 3.63) is 48.4 Å². The lowest BCUT2D eigenvalue weighted by Gasteiger charge is -2.03. The van der Waals surface area contributed by atoms with Gasteiger partial charge in [0.15, 0.2) is 5.82 Å². The van der Waals surface area contributed by atoms with Crippen molar-refractivity contribution >= 4 is 28.6 Å². The van der Waals surface area contributed by atoms with Gasteiger partial charge in [0.2, 0.25) is 0 Å². The Morgan fingerprint density at radius 2 is 2.00 bits per heavy atom. The number of nitrogens with zero attached hydrogens (tertiary/aromatic N) is 1. The summed E-state index contributed by atoms with van der Waals surface area (Å²) in [6, 6.07) is 11.2. The highest BCUT2D eigenvalue weighted by Gasteiger charge is 2.14. The number of benzene rings is 1. The third kappa shape index (κ3) is 3.76. The van der Waals surface area contributed by atoms with Gasteiger partial charge >= 0.3 is 11.8 Å². The SMILES string of the molecule is O=C(NCCCc1cc2ccccc2o1)C(=O)Nc1ccon1. The maximum Gasteiger partial charge on any atom is 0.314 e. The van der Waals surface area contributed by atoms with Crippen molar-refractivity contribution in [1.82, 2.24) is 10.5 Å². The summed E-state index contributed by atoms with van der Waals surface area (Å²) in [6.07, 6.45) is 2.66. The van der Waals surface area contributed by atoms with Gasteiger partial charge in [0.1, 0.15) is 17.6 Å². The molecule has 0 saturated carbocycles. The third-order valence-electron chi connectivity index (χ3n) is 3.25. The van der Waals surface area contributed by atoms with E-state index in [9.17, 15) is 9.59 Å². The molecule has 0 spiro atoms. The van der Waals surface area contributed by atoms with Crippen LogP contribution in [0.25, 0.3) is 11.0 Å². The zero-order chi connectivity index (χ0) is 16.1. The van der Waals surface area contributed by atoms with Gasteiger partial charge in [-0.15, -0.1) is 0 Å². The molecule has 7 nitrogen and oxygen atoms in total. The van der Waals surface area contributed by atoms with Crippen molar-refractivity contribution in [2.45, 2.75) is 12.8 Å². The Morgan fingerprint density at radius 1 is 1.13 bits per heavy atom. The van der Waals surface area contributed by atoms with Crippen LogP contribution in [0.5, 0.6) is 0 Å². The molecule has 1 aromatic carbocycles. The van der Waals surface area contributed by atoms with Gasteiger partial charge in [-0.1, -0.05) is 23.4 Å². The van der Waals surface area contributed by atoms with Crippen LogP contribution < -0.4 is 10.6 Å². The monoisotopic (exact) mass is 313 g/mol. The lowest BCUT2D eigenvalue weighted by atomic mass is 10.2. The number of aromatic nitrogens is 1. The summed E-state index contributed by atoms with van der Waals surface area (Å²) in [5.74, 6) is -0.430. The number of rotatable bonds is 5. The lowest BCUT2D eigenvalue weighted by Crippen LogP contribution is -2.36. The molecule has 0 atom stereocenters. The van der Waals surface area contributed by atoms with E-state index in [1.54, 1.807) is 0 Å². The molecule has 118 valence electrons. The van der Waals surface area contributed by atoms with E-state index in [2.05, 4.69) is 20.3 Å². The highest BCUT2D eigenvalue weighted by atomic mass is 16.5. The molecule has 2 aromatic heterocycles. The van der Waals surface area contributed by atoms with E-state index in [0.717, 1.165) is 16.7 Å². The van der Waals surface area contributed by atoms with Crippen LogP contribution in [0.3, 0.4) is 0 Å². The molecule has 0 aliphatic heterocycles. The van der Waals surface area contributed by atoms with Crippen LogP contribution in [0.2, 0.25) is 0 Å². The summed E-state index contributed by atoms with van der Waals surface area (Å²) in [4.78, 5) is 23.2. The predicted molar refractivity (Wildman–Crippen MR) is 82.7 cm³/mol. The molecular weight excluding hydrogens is 298 g/mol. The topological polar surface area (TPSA) is 97.4 Å². The van der Waals surface area contributed by atoms with Crippen LogP contribution in [0.15, 0.2) is 51.6 Å². The van der Waals surface area contributed by atoms with Gasteiger partial charge < -0.3 is 14.3 Å². The van der Waals surface area contributed by atoms with Crippen LogP contribution in [0.4, 0.5) is 5.82 Å². The Morgan fingerprint density at radius 3 is 2.78 bits per heavy atom. The van der Waals surface area contributed by atoms with Crippen LogP contribution >= 0.6 is 0 Å². The van der Waals surface area contributed by atoms with Gasteiger partial charge in [-0.3, -0.25) is 14.9 Å². The van der Waals surface area contributed by atoms with E-state index in [1.165, 1.54) is 12.3 Å². The Hall–Kier alpha value is -3.09. The van der Waals surface area contributed by atoms with Crippen LogP contribution in [-0.2, 0) is 16.0 Å². The molecule has 0 radical (unpaired) electrons. The van der Waals surface area contributed by atoms with E-state index in [1.807, 2.05) is 30.3 Å². The first-order chi connectivity index (χ1) is 11.2. The number of carbonyl (C=O) groups is 2. The van der Waals surface area contributed by atoms with Gasteiger partial charge in [-0.2, -0.15) is 0 Å². The molecule has 2 N–H and O–H groups in total. The first kappa shape index (κ1) is 14.8. The van der Waals surface area contributed by atoms with E-state index >= 15 is 0 Å². The minimum Gasteiger partial charge on any atom is -0.461 e. The maximum atomic E-state index is 11.6. The Bertz CT molecular complexity index is 775. The molecule has 23 heavy (non-hydrogen) atoms. The number of hydrogen-bond donors (Lipinski definition) is 2. The zero-order valence-corrected chi connectivity index (χ0v) is 12.2. The first-order valence-corrected chi connectivity index (χ1v) is 7.19. The average Bonchev–Trinajstić information content (AvgIpc) is 3.19. The number of nitrogens with one attached hydrogen (secondary N) is 2. The number of hydrogen-bond acceptors (Lipinski definition) is 5. The fourth-order valence-corrected chi connectivity index (χ4v) is 2.15. The van der Waals surface area contributed by atoms with Gasteiger partial charge in [0.05, 0.1) is 0 Å². The van der Waals surface area contributed by atoms with E-state index < -0.39 is 11.8 Å². The molecule has 0 fully saturated rings. The molecule has 0 aliphatic carbocycles. The highest BCUT2D eigenvalue weighted by molar-refractivity contribution is 6.39. The molecule has 0 aliphatic rings. The smallest absolute Gasteiger partial charge is 0.314 e. The summed E-state index contributed by atoms with van der Waals surface area (Å²) in [7, 11) is 0. The summed E-state index contributed by atoms with van der Waals surface area (Å²) in [6.45, 7) is 0.377. The molecule has 2 amide bonds. The predicted octanol–water partition coefficient (Wildman–Crippen LogP) is 2.11. The lowest BCUT2D eigenvalue weighted by molar-refractivity contribution is -0.136. The molecule has 0 saturated heterocycles. The normalized spacial score (nSPS) is 10.6. The average molecular weight is 313 g/mol. The fourth-order valence-electron chi connectivity index (χ4n) is 2.15. The summed E-state index contributed by atoms with van der Waals surface area (Å²) < 4.78 is 10.2. The number of amides is 2. The number of anilines is 1. The number of aryl methyl sites for hydroxylation is 1. The number of furan rings is 1. The zero-order valence-electron chi connectivity index (χ0n) is 12.2. The van der Waals surface area contributed by atoms with E-state index in [4.69, 9.17) is 4.42 Å². The van der Waals surface area contributed by atoms with Crippen molar-refractivity contribution in [2.75, 3.05) is 11.9 Å². The van der Waals surface area contributed by atoms with Crippen molar-refractivity contribution in [3.8, 4) is 0 Å². The highest BCUT2D eigenvalue weighted by Crippen LogP contribution is 2.19. The number of fused-ring (bicyclic) bond motifs is 1. The Kier molecular flexibility index (Phi) is 4.37. The first-order valence-electron chi connectivity index (χ1n) is 7.19. The van der Waals surface area contributed by atoms with Crippen molar-refractivity contribution < 1.29 is 18.5 Å². The Labute approximate surface area is 131 Å². The van der Waals surface area contributed by atoms with Crippen LogP contribution in [0.1, 0.15) is 12.2 Å². The van der Waals surface area contributed by atoms with Gasteiger partial charge in [-0.05, 0) is 18.6 Å². The summed E-state index contributed by atoms with van der Waals surface area (Å²) >= 11 is 0. The molecule has 3 rings (SSSR count).